The zero-order valence-electron chi connectivity index (χ0n) is 12.4. The Hall–Kier alpha value is -1.24. The molecule has 2 heterocycles. The first kappa shape index (κ1) is 13.7. The Kier molecular flexibility index (Phi) is 3.87. The molecule has 1 aliphatic carbocycles. The molecule has 0 radical (unpaired) electrons. The molecular formula is C14H24N6. The highest BCUT2D eigenvalue weighted by Gasteiger charge is 2.27. The fourth-order valence-corrected chi connectivity index (χ4v) is 3.27. The summed E-state index contributed by atoms with van der Waals surface area (Å²) in [4.78, 5) is 14.3. The van der Waals surface area contributed by atoms with Crippen LogP contribution >= 0.6 is 0 Å². The lowest BCUT2D eigenvalue weighted by molar-refractivity contribution is 0.219. The van der Waals surface area contributed by atoms with E-state index in [1.165, 1.54) is 17.7 Å². The van der Waals surface area contributed by atoms with Crippen molar-refractivity contribution in [1.29, 1.82) is 0 Å². The number of hydrazine groups is 1. The zero-order valence-corrected chi connectivity index (χ0v) is 12.4. The van der Waals surface area contributed by atoms with Crippen LogP contribution in [0.15, 0.2) is 0 Å². The maximum Gasteiger partial charge on any atom is 0.149 e. The molecule has 20 heavy (non-hydrogen) atoms. The molecule has 3 rings (SSSR count). The third kappa shape index (κ3) is 2.51. The van der Waals surface area contributed by atoms with Crippen molar-refractivity contribution in [2.75, 3.05) is 39.2 Å². The van der Waals surface area contributed by atoms with Crippen molar-refractivity contribution in [3.63, 3.8) is 0 Å². The Bertz CT molecular complexity index is 489. The molecule has 0 amide bonds. The third-order valence-corrected chi connectivity index (χ3v) is 4.45. The second-order valence-corrected chi connectivity index (χ2v) is 5.97. The molecule has 6 nitrogen and oxygen atoms in total. The maximum atomic E-state index is 5.65. The van der Waals surface area contributed by atoms with Gasteiger partial charge in [0.2, 0.25) is 0 Å². The van der Waals surface area contributed by atoms with Crippen LogP contribution in [-0.2, 0) is 12.8 Å². The van der Waals surface area contributed by atoms with E-state index in [0.717, 1.165) is 50.5 Å². The minimum absolute atomic E-state index is 0.250. The van der Waals surface area contributed by atoms with Gasteiger partial charge in [-0.1, -0.05) is 0 Å². The highest BCUT2D eigenvalue weighted by molar-refractivity contribution is 5.48. The summed E-state index contributed by atoms with van der Waals surface area (Å²) in [5.41, 5.74) is 5.16. The van der Waals surface area contributed by atoms with E-state index in [1.54, 1.807) is 0 Å². The summed E-state index contributed by atoms with van der Waals surface area (Å²) in [6.45, 7) is 3.19. The first-order chi connectivity index (χ1) is 9.69. The van der Waals surface area contributed by atoms with E-state index in [0.29, 0.717) is 0 Å². The van der Waals surface area contributed by atoms with E-state index in [4.69, 9.17) is 15.8 Å². The number of nitrogens with zero attached hydrogens (tertiary/aromatic N) is 4. The number of anilines is 1. The number of hydrogen-bond donors (Lipinski definition) is 2. The monoisotopic (exact) mass is 276 g/mol. The molecule has 1 saturated heterocycles. The number of fused-ring (bicyclic) bond motifs is 1. The van der Waals surface area contributed by atoms with Crippen LogP contribution in [-0.4, -0.2) is 53.5 Å². The Morgan fingerprint density at radius 1 is 1.15 bits per heavy atom. The van der Waals surface area contributed by atoms with Gasteiger partial charge in [0.05, 0.1) is 6.04 Å². The van der Waals surface area contributed by atoms with E-state index in [9.17, 15) is 0 Å². The van der Waals surface area contributed by atoms with Gasteiger partial charge in [0, 0.05) is 17.8 Å². The first-order valence-corrected chi connectivity index (χ1v) is 7.44. The molecular weight excluding hydrogens is 252 g/mol. The van der Waals surface area contributed by atoms with Crippen molar-refractivity contribution in [3.8, 4) is 0 Å². The Morgan fingerprint density at radius 3 is 2.80 bits per heavy atom. The summed E-state index contributed by atoms with van der Waals surface area (Å²) in [6.07, 6.45) is 4.43. The summed E-state index contributed by atoms with van der Waals surface area (Å²) in [5.74, 6) is 7.38. The van der Waals surface area contributed by atoms with Gasteiger partial charge in [-0.2, -0.15) is 0 Å². The summed E-state index contributed by atoms with van der Waals surface area (Å²) >= 11 is 0. The number of nitrogen functional groups attached to an aromatic ring is 1. The number of aromatic nitrogens is 2. The van der Waals surface area contributed by atoms with Crippen molar-refractivity contribution in [1.82, 2.24) is 19.8 Å². The standard InChI is InChI=1S/C14H24N6/c1-19-7-4-8-20(2)12(9-19)14-16-11-6-3-5-10(11)13(17-14)18-15/h12H,3-9,15H2,1-2H3,(H,16,17,18). The average molecular weight is 276 g/mol. The Labute approximate surface area is 120 Å². The third-order valence-electron chi connectivity index (χ3n) is 4.45. The Balaban J connectivity index is 1.96. The molecule has 0 aromatic carbocycles. The molecule has 6 heteroatoms. The van der Waals surface area contributed by atoms with Crippen LogP contribution in [0.3, 0.4) is 0 Å². The van der Waals surface area contributed by atoms with Crippen molar-refractivity contribution in [3.05, 3.63) is 17.1 Å². The fraction of sp³-hybridized carbons (Fsp3) is 0.714. The predicted molar refractivity (Wildman–Crippen MR) is 79.4 cm³/mol. The van der Waals surface area contributed by atoms with E-state index in [-0.39, 0.29) is 6.04 Å². The summed E-state index contributed by atoms with van der Waals surface area (Å²) in [6, 6.07) is 0.250. The second-order valence-electron chi connectivity index (χ2n) is 5.97. The largest absolute Gasteiger partial charge is 0.308 e. The van der Waals surface area contributed by atoms with Gasteiger partial charge in [-0.05, 0) is 52.9 Å². The summed E-state index contributed by atoms with van der Waals surface area (Å²) < 4.78 is 0. The van der Waals surface area contributed by atoms with Crippen LogP contribution in [0.5, 0.6) is 0 Å². The molecule has 0 bridgehead atoms. The van der Waals surface area contributed by atoms with Crippen molar-refractivity contribution in [2.45, 2.75) is 31.7 Å². The van der Waals surface area contributed by atoms with Gasteiger partial charge in [0.1, 0.15) is 11.6 Å². The van der Waals surface area contributed by atoms with Crippen LogP contribution in [0, 0.1) is 0 Å². The van der Waals surface area contributed by atoms with Crippen molar-refractivity contribution < 1.29 is 0 Å². The fourth-order valence-electron chi connectivity index (χ4n) is 3.27. The molecule has 3 N–H and O–H groups in total. The molecule has 1 aliphatic heterocycles. The van der Waals surface area contributed by atoms with Crippen LogP contribution in [0.2, 0.25) is 0 Å². The number of likely N-dealkylation sites (N-methyl/N-ethyl adjacent to an activating group) is 2. The van der Waals surface area contributed by atoms with Gasteiger partial charge in [-0.25, -0.2) is 15.8 Å². The number of nitrogens with two attached hydrogens (primary N) is 1. The van der Waals surface area contributed by atoms with E-state index in [1.807, 2.05) is 0 Å². The normalized spacial score (nSPS) is 24.4. The maximum absolute atomic E-state index is 5.65. The topological polar surface area (TPSA) is 70.3 Å². The van der Waals surface area contributed by atoms with Crippen molar-refractivity contribution in [2.24, 2.45) is 5.84 Å². The molecule has 1 atom stereocenters. The molecule has 1 aromatic rings. The second kappa shape index (κ2) is 5.63. The zero-order chi connectivity index (χ0) is 14.1. The minimum Gasteiger partial charge on any atom is -0.308 e. The Morgan fingerprint density at radius 2 is 2.00 bits per heavy atom. The number of rotatable bonds is 2. The van der Waals surface area contributed by atoms with Gasteiger partial charge >= 0.3 is 0 Å². The molecule has 0 spiro atoms. The van der Waals surface area contributed by atoms with Crippen LogP contribution in [0.1, 0.15) is 36.0 Å². The number of hydrogen-bond acceptors (Lipinski definition) is 6. The lowest BCUT2D eigenvalue weighted by Gasteiger charge is -2.26. The summed E-state index contributed by atoms with van der Waals surface area (Å²) in [5, 5.41) is 0. The van der Waals surface area contributed by atoms with E-state index >= 15 is 0 Å². The van der Waals surface area contributed by atoms with Crippen LogP contribution in [0.25, 0.3) is 0 Å². The smallest absolute Gasteiger partial charge is 0.149 e. The molecule has 1 aromatic heterocycles. The predicted octanol–water partition coefficient (Wildman–Crippen LogP) is 0.559. The lowest BCUT2D eigenvalue weighted by atomic mass is 10.2. The lowest BCUT2D eigenvalue weighted by Crippen LogP contribution is -2.32. The average Bonchev–Trinajstić information content (AvgIpc) is 2.85. The SMILES string of the molecule is CN1CCCN(C)C(c2nc3c(c(NN)n2)CCC3)C1. The van der Waals surface area contributed by atoms with Gasteiger partial charge in [0.15, 0.2) is 0 Å². The van der Waals surface area contributed by atoms with Gasteiger partial charge in [0.25, 0.3) is 0 Å². The molecule has 1 fully saturated rings. The van der Waals surface area contributed by atoms with E-state index < -0.39 is 0 Å². The van der Waals surface area contributed by atoms with E-state index in [2.05, 4.69) is 29.3 Å². The minimum atomic E-state index is 0.250. The summed E-state index contributed by atoms with van der Waals surface area (Å²) in [7, 11) is 4.33. The van der Waals surface area contributed by atoms with Gasteiger partial charge < -0.3 is 10.3 Å². The highest BCUT2D eigenvalue weighted by Crippen LogP contribution is 2.29. The number of aryl methyl sites for hydroxylation is 1. The van der Waals surface area contributed by atoms with Crippen molar-refractivity contribution >= 4 is 5.82 Å². The van der Waals surface area contributed by atoms with Gasteiger partial charge in [-0.3, -0.25) is 4.90 Å². The van der Waals surface area contributed by atoms with Crippen LogP contribution < -0.4 is 11.3 Å². The molecule has 110 valence electrons. The molecule has 0 saturated carbocycles. The van der Waals surface area contributed by atoms with Gasteiger partial charge in [-0.15, -0.1) is 0 Å². The molecule has 2 aliphatic rings. The number of nitrogens with one attached hydrogen (secondary N) is 1. The quantitative estimate of drug-likeness (QED) is 0.607. The first-order valence-electron chi connectivity index (χ1n) is 7.44. The highest BCUT2D eigenvalue weighted by atomic mass is 15.3. The molecule has 1 unspecified atom stereocenters. The van der Waals surface area contributed by atoms with Crippen LogP contribution in [0.4, 0.5) is 5.82 Å².